The lowest BCUT2D eigenvalue weighted by atomic mass is 10.2. The predicted molar refractivity (Wildman–Crippen MR) is 90.2 cm³/mol. The van der Waals surface area contributed by atoms with Crippen LogP contribution >= 0.6 is 23.2 Å². The number of carbonyl (C=O) groups is 1. The Hall–Kier alpha value is -2.57. The number of para-hydroxylation sites is 1. The first-order chi connectivity index (χ1) is 11.0. The Balaban J connectivity index is 1.82. The molecule has 0 bridgehead atoms. The molecule has 0 aliphatic carbocycles. The normalized spacial score (nSPS) is 10.5. The minimum Gasteiger partial charge on any atom is -0.397 e. The quantitative estimate of drug-likeness (QED) is 0.711. The highest BCUT2D eigenvalue weighted by atomic mass is 35.5. The van der Waals surface area contributed by atoms with Crippen LogP contribution < -0.4 is 11.1 Å². The molecular formula is C15H11Cl2N5O. The van der Waals surface area contributed by atoms with Crippen LogP contribution in [0.3, 0.4) is 0 Å². The van der Waals surface area contributed by atoms with E-state index < -0.39 is 5.91 Å². The number of aromatic nitrogens is 3. The third-order valence-electron chi connectivity index (χ3n) is 3.05. The predicted octanol–water partition coefficient (Wildman–Crippen LogP) is 3.41. The first-order valence-electron chi connectivity index (χ1n) is 6.58. The van der Waals surface area contributed by atoms with Gasteiger partial charge in [-0.15, -0.1) is 5.10 Å². The summed E-state index contributed by atoms with van der Waals surface area (Å²) >= 11 is 11.8. The van der Waals surface area contributed by atoms with Crippen LogP contribution in [0.1, 0.15) is 10.5 Å². The van der Waals surface area contributed by atoms with Crippen molar-refractivity contribution in [1.82, 2.24) is 15.0 Å². The van der Waals surface area contributed by atoms with Crippen molar-refractivity contribution in [3.63, 3.8) is 0 Å². The third-order valence-corrected chi connectivity index (χ3v) is 3.77. The molecule has 6 nitrogen and oxygen atoms in total. The van der Waals surface area contributed by atoms with Crippen molar-refractivity contribution in [3.8, 4) is 5.69 Å². The van der Waals surface area contributed by atoms with E-state index in [1.54, 1.807) is 0 Å². The number of rotatable bonds is 3. The maximum absolute atomic E-state index is 12.2. The average molecular weight is 348 g/mol. The fourth-order valence-electron chi connectivity index (χ4n) is 1.91. The van der Waals surface area contributed by atoms with E-state index in [1.165, 1.54) is 23.1 Å². The van der Waals surface area contributed by atoms with Crippen LogP contribution in [0.15, 0.2) is 48.7 Å². The van der Waals surface area contributed by atoms with Gasteiger partial charge in [0, 0.05) is 0 Å². The molecule has 1 heterocycles. The lowest BCUT2D eigenvalue weighted by molar-refractivity contribution is 0.102. The number of nitrogens with one attached hydrogen (secondary N) is 1. The van der Waals surface area contributed by atoms with Gasteiger partial charge in [0.25, 0.3) is 5.91 Å². The Bertz CT molecular complexity index is 864. The number of nitrogen functional groups attached to an aromatic ring is 1. The summed E-state index contributed by atoms with van der Waals surface area (Å²) in [4.78, 5) is 13.6. The number of halogens is 2. The Morgan fingerprint density at radius 1 is 1.13 bits per heavy atom. The van der Waals surface area contributed by atoms with Crippen molar-refractivity contribution >= 4 is 40.5 Å². The van der Waals surface area contributed by atoms with Gasteiger partial charge in [-0.25, -0.2) is 0 Å². The SMILES string of the molecule is Nc1cc(Cl)c(Cl)cc1NC(=O)c1cnn(-c2ccccc2)n1. The van der Waals surface area contributed by atoms with Gasteiger partial charge < -0.3 is 11.1 Å². The Labute approximate surface area is 141 Å². The zero-order valence-corrected chi connectivity index (χ0v) is 13.2. The monoisotopic (exact) mass is 347 g/mol. The molecule has 0 atom stereocenters. The van der Waals surface area contributed by atoms with Crippen molar-refractivity contribution in [2.75, 3.05) is 11.1 Å². The fraction of sp³-hybridized carbons (Fsp3) is 0. The second-order valence-corrected chi connectivity index (χ2v) is 5.48. The molecule has 8 heteroatoms. The summed E-state index contributed by atoms with van der Waals surface area (Å²) in [5.74, 6) is -0.447. The summed E-state index contributed by atoms with van der Waals surface area (Å²) in [6.07, 6.45) is 1.37. The molecule has 116 valence electrons. The molecule has 0 spiro atoms. The molecular weight excluding hydrogens is 337 g/mol. The maximum atomic E-state index is 12.2. The fourth-order valence-corrected chi connectivity index (χ4v) is 2.25. The van der Waals surface area contributed by atoms with E-state index >= 15 is 0 Å². The highest BCUT2D eigenvalue weighted by Crippen LogP contribution is 2.30. The number of anilines is 2. The van der Waals surface area contributed by atoms with Gasteiger partial charge in [0.15, 0.2) is 5.69 Å². The van der Waals surface area contributed by atoms with E-state index in [0.29, 0.717) is 21.4 Å². The smallest absolute Gasteiger partial charge is 0.277 e. The van der Waals surface area contributed by atoms with E-state index in [9.17, 15) is 4.79 Å². The standard InChI is InChI=1S/C15H11Cl2N5O/c16-10-6-12(18)13(7-11(10)17)20-15(23)14-8-19-22(21-14)9-4-2-1-3-5-9/h1-8H,18H2,(H,20,23). The molecule has 2 aromatic carbocycles. The van der Waals surface area contributed by atoms with E-state index in [-0.39, 0.29) is 5.69 Å². The topological polar surface area (TPSA) is 85.8 Å². The van der Waals surface area contributed by atoms with E-state index in [4.69, 9.17) is 28.9 Å². The van der Waals surface area contributed by atoms with Gasteiger partial charge in [-0.05, 0) is 24.3 Å². The second-order valence-electron chi connectivity index (χ2n) is 4.66. The van der Waals surface area contributed by atoms with Crippen LogP contribution in [0.4, 0.5) is 11.4 Å². The van der Waals surface area contributed by atoms with Crippen molar-refractivity contribution in [3.05, 3.63) is 64.4 Å². The van der Waals surface area contributed by atoms with Gasteiger partial charge in [0.05, 0.1) is 33.3 Å². The molecule has 0 aliphatic heterocycles. The lowest BCUT2D eigenvalue weighted by Gasteiger charge is -2.08. The minimum absolute atomic E-state index is 0.152. The Morgan fingerprint density at radius 2 is 1.83 bits per heavy atom. The molecule has 1 amide bonds. The zero-order chi connectivity index (χ0) is 16.4. The molecule has 0 unspecified atom stereocenters. The highest BCUT2D eigenvalue weighted by Gasteiger charge is 2.14. The van der Waals surface area contributed by atoms with Gasteiger partial charge in [-0.3, -0.25) is 4.79 Å². The molecule has 0 saturated heterocycles. The van der Waals surface area contributed by atoms with Crippen LogP contribution in [-0.4, -0.2) is 20.9 Å². The number of benzene rings is 2. The largest absolute Gasteiger partial charge is 0.397 e. The average Bonchev–Trinajstić information content (AvgIpc) is 3.03. The molecule has 1 aromatic heterocycles. The molecule has 0 fully saturated rings. The van der Waals surface area contributed by atoms with Crippen LogP contribution in [0.25, 0.3) is 5.69 Å². The van der Waals surface area contributed by atoms with Gasteiger partial charge in [-0.2, -0.15) is 9.90 Å². The maximum Gasteiger partial charge on any atom is 0.277 e. The summed E-state index contributed by atoms with van der Waals surface area (Å²) in [6.45, 7) is 0. The molecule has 0 radical (unpaired) electrons. The molecule has 3 rings (SSSR count). The number of nitrogens with zero attached hydrogens (tertiary/aromatic N) is 3. The Kier molecular flexibility index (Phi) is 4.18. The van der Waals surface area contributed by atoms with Crippen LogP contribution in [0.2, 0.25) is 10.0 Å². The number of amides is 1. The van der Waals surface area contributed by atoms with Gasteiger partial charge in [0.1, 0.15) is 0 Å². The van der Waals surface area contributed by atoms with Crippen molar-refractivity contribution in [1.29, 1.82) is 0 Å². The van der Waals surface area contributed by atoms with Crippen molar-refractivity contribution in [2.24, 2.45) is 0 Å². The van der Waals surface area contributed by atoms with E-state index in [1.807, 2.05) is 30.3 Å². The summed E-state index contributed by atoms with van der Waals surface area (Å²) in [6, 6.07) is 12.2. The van der Waals surface area contributed by atoms with Crippen LogP contribution in [0, 0.1) is 0 Å². The molecule has 3 aromatic rings. The summed E-state index contributed by atoms with van der Waals surface area (Å²) in [5, 5.41) is 11.5. The lowest BCUT2D eigenvalue weighted by Crippen LogP contribution is -2.14. The Morgan fingerprint density at radius 3 is 2.57 bits per heavy atom. The summed E-state index contributed by atoms with van der Waals surface area (Å²) in [5.41, 5.74) is 7.38. The van der Waals surface area contributed by atoms with E-state index in [0.717, 1.165) is 5.69 Å². The molecule has 3 N–H and O–H groups in total. The zero-order valence-electron chi connectivity index (χ0n) is 11.7. The van der Waals surface area contributed by atoms with Gasteiger partial charge >= 0.3 is 0 Å². The number of hydrogen-bond acceptors (Lipinski definition) is 4. The summed E-state index contributed by atoms with van der Waals surface area (Å²) in [7, 11) is 0. The van der Waals surface area contributed by atoms with Crippen molar-refractivity contribution in [2.45, 2.75) is 0 Å². The summed E-state index contributed by atoms with van der Waals surface area (Å²) < 4.78 is 0. The van der Waals surface area contributed by atoms with Crippen molar-refractivity contribution < 1.29 is 4.79 Å². The van der Waals surface area contributed by atoms with Crippen LogP contribution in [-0.2, 0) is 0 Å². The molecule has 0 aliphatic rings. The highest BCUT2D eigenvalue weighted by molar-refractivity contribution is 6.42. The molecule has 23 heavy (non-hydrogen) atoms. The first kappa shape index (κ1) is 15.3. The first-order valence-corrected chi connectivity index (χ1v) is 7.34. The third kappa shape index (κ3) is 3.28. The second kappa shape index (κ2) is 6.28. The van der Waals surface area contributed by atoms with Gasteiger partial charge in [-0.1, -0.05) is 41.4 Å². The number of nitrogens with two attached hydrogens (primary N) is 1. The van der Waals surface area contributed by atoms with E-state index in [2.05, 4.69) is 15.5 Å². The number of hydrogen-bond donors (Lipinski definition) is 2. The van der Waals surface area contributed by atoms with Gasteiger partial charge in [0.2, 0.25) is 0 Å². The minimum atomic E-state index is -0.447. The van der Waals surface area contributed by atoms with Crippen LogP contribution in [0.5, 0.6) is 0 Å². The number of carbonyl (C=O) groups excluding carboxylic acids is 1. The molecule has 0 saturated carbocycles.